The summed E-state index contributed by atoms with van der Waals surface area (Å²) in [5, 5.41) is 8.55. The third-order valence-corrected chi connectivity index (χ3v) is 3.35. The Kier molecular flexibility index (Phi) is 3.52. The molecule has 0 unspecified atom stereocenters. The largest absolute Gasteiger partial charge is 0.329 e. The molecule has 0 aliphatic carbocycles. The van der Waals surface area contributed by atoms with Crippen molar-refractivity contribution in [3.05, 3.63) is 29.3 Å². The lowest BCUT2D eigenvalue weighted by Gasteiger charge is -2.26. The predicted molar refractivity (Wildman–Crippen MR) is 70.3 cm³/mol. The zero-order valence-corrected chi connectivity index (χ0v) is 11.0. The van der Waals surface area contributed by atoms with Crippen molar-refractivity contribution in [2.75, 3.05) is 19.0 Å². The van der Waals surface area contributed by atoms with Crippen molar-refractivity contribution in [2.45, 2.75) is 19.4 Å². The highest BCUT2D eigenvalue weighted by molar-refractivity contribution is 5.96. The fourth-order valence-electron chi connectivity index (χ4n) is 2.24. The number of fused-ring (bicyclic) bond motifs is 1. The molecule has 1 aromatic rings. The molecule has 1 aromatic carbocycles. The number of nitrogens with zero attached hydrogens (tertiary/aromatic N) is 3. The number of hydrogen-bond donors (Lipinski definition) is 0. The van der Waals surface area contributed by atoms with Crippen molar-refractivity contribution in [2.24, 2.45) is 0 Å². The molecule has 0 bridgehead atoms. The highest BCUT2D eigenvalue weighted by Crippen LogP contribution is 2.27. The molecule has 0 saturated heterocycles. The lowest BCUT2D eigenvalue weighted by Crippen LogP contribution is -2.31. The van der Waals surface area contributed by atoms with Crippen molar-refractivity contribution < 1.29 is 9.59 Å². The van der Waals surface area contributed by atoms with E-state index in [0.29, 0.717) is 13.0 Å². The van der Waals surface area contributed by atoms with Gasteiger partial charge in [-0.25, -0.2) is 0 Å². The Bertz CT molecular complexity index is 575. The third-order valence-electron chi connectivity index (χ3n) is 3.35. The first kappa shape index (κ1) is 13.1. The molecule has 0 saturated carbocycles. The third kappa shape index (κ3) is 2.58. The summed E-state index contributed by atoms with van der Waals surface area (Å²) in [6, 6.07) is 7.37. The molecule has 5 nitrogen and oxygen atoms in total. The second-order valence-corrected chi connectivity index (χ2v) is 4.69. The summed E-state index contributed by atoms with van der Waals surface area (Å²) in [6.45, 7) is 0.400. The minimum atomic E-state index is -0.551. The molecule has 2 amide bonds. The molecule has 19 heavy (non-hydrogen) atoms. The molecule has 0 aromatic heterocycles. The number of amides is 2. The molecule has 0 spiro atoms. The van der Waals surface area contributed by atoms with Gasteiger partial charge in [-0.2, -0.15) is 5.26 Å². The van der Waals surface area contributed by atoms with Crippen LogP contribution in [0.4, 0.5) is 5.69 Å². The Morgan fingerprint density at radius 3 is 2.89 bits per heavy atom. The molecule has 0 radical (unpaired) electrons. The van der Waals surface area contributed by atoms with Crippen LogP contribution in [0.15, 0.2) is 18.2 Å². The second-order valence-electron chi connectivity index (χ2n) is 4.69. The average molecular weight is 257 g/mol. The fraction of sp³-hybridized carbons (Fsp3) is 0.357. The predicted octanol–water partition coefficient (Wildman–Crippen LogP) is 1.08. The van der Waals surface area contributed by atoms with Gasteiger partial charge in [0.25, 0.3) is 0 Å². The molecular weight excluding hydrogens is 242 g/mol. The minimum Gasteiger partial charge on any atom is -0.329 e. The Morgan fingerprint density at radius 1 is 1.47 bits per heavy atom. The van der Waals surface area contributed by atoms with Gasteiger partial charge in [-0.1, -0.05) is 12.1 Å². The molecule has 0 atom stereocenters. The smallest absolute Gasteiger partial charge is 0.325 e. The fourth-order valence-corrected chi connectivity index (χ4v) is 2.24. The van der Waals surface area contributed by atoms with Crippen molar-refractivity contribution in [1.82, 2.24) is 4.90 Å². The Labute approximate surface area is 112 Å². The van der Waals surface area contributed by atoms with Gasteiger partial charge < -0.3 is 9.80 Å². The summed E-state index contributed by atoms with van der Waals surface area (Å²) in [4.78, 5) is 25.8. The molecule has 0 N–H and O–H groups in total. The van der Waals surface area contributed by atoms with Gasteiger partial charge in [0.2, 0.25) is 5.91 Å². The van der Waals surface area contributed by atoms with E-state index in [-0.39, 0.29) is 5.91 Å². The minimum absolute atomic E-state index is 0.122. The van der Waals surface area contributed by atoms with Gasteiger partial charge in [-0.3, -0.25) is 9.59 Å². The summed E-state index contributed by atoms with van der Waals surface area (Å²) in [5.74, 6) is -0.429. The van der Waals surface area contributed by atoms with Crippen LogP contribution in [0.1, 0.15) is 17.5 Å². The molecular formula is C14H15N3O2. The maximum Gasteiger partial charge on any atom is 0.325 e. The van der Waals surface area contributed by atoms with Crippen LogP contribution in [0.25, 0.3) is 0 Å². The van der Waals surface area contributed by atoms with E-state index in [2.05, 4.69) is 0 Å². The zero-order valence-electron chi connectivity index (χ0n) is 11.0. The van der Waals surface area contributed by atoms with E-state index in [1.165, 1.54) is 4.90 Å². The zero-order chi connectivity index (χ0) is 14.0. The van der Waals surface area contributed by atoms with E-state index in [4.69, 9.17) is 5.26 Å². The Balaban J connectivity index is 2.21. The molecule has 0 fully saturated rings. The summed E-state index contributed by atoms with van der Waals surface area (Å²) in [5.41, 5.74) is 3.00. The summed E-state index contributed by atoms with van der Waals surface area (Å²) < 4.78 is 0. The van der Waals surface area contributed by atoms with Crippen molar-refractivity contribution in [3.63, 3.8) is 0 Å². The molecule has 98 valence electrons. The van der Waals surface area contributed by atoms with E-state index in [1.807, 2.05) is 18.2 Å². The van der Waals surface area contributed by atoms with Gasteiger partial charge in [0, 0.05) is 32.7 Å². The van der Waals surface area contributed by atoms with E-state index in [0.717, 1.165) is 23.2 Å². The topological polar surface area (TPSA) is 64.4 Å². The number of hydrogen-bond acceptors (Lipinski definition) is 3. The van der Waals surface area contributed by atoms with E-state index in [9.17, 15) is 9.59 Å². The van der Waals surface area contributed by atoms with Crippen LogP contribution in [0.5, 0.6) is 0 Å². The van der Waals surface area contributed by atoms with Crippen LogP contribution < -0.4 is 4.90 Å². The standard InChI is InChI=1S/C14H15N3O2/c1-16(14(19)8-15)9-10-3-5-12-11(7-10)4-6-13(18)17(12)2/h3,5,7H,4,6,9H2,1-2H3. The lowest BCUT2D eigenvalue weighted by molar-refractivity contribution is -0.124. The summed E-state index contributed by atoms with van der Waals surface area (Å²) in [6.07, 6.45) is 1.24. The quantitative estimate of drug-likeness (QED) is 0.745. The van der Waals surface area contributed by atoms with Crippen LogP contribution >= 0.6 is 0 Å². The Morgan fingerprint density at radius 2 is 2.21 bits per heavy atom. The SMILES string of the molecule is CN(Cc1ccc2c(c1)CCC(=O)N2C)C(=O)C#N. The second kappa shape index (κ2) is 5.11. The van der Waals surface area contributed by atoms with Crippen LogP contribution in [0.2, 0.25) is 0 Å². The van der Waals surface area contributed by atoms with Crippen molar-refractivity contribution in [3.8, 4) is 6.07 Å². The van der Waals surface area contributed by atoms with Crippen LogP contribution in [0.3, 0.4) is 0 Å². The van der Waals surface area contributed by atoms with Gasteiger partial charge in [0.05, 0.1) is 0 Å². The first-order chi connectivity index (χ1) is 9.02. The molecule has 1 heterocycles. The monoisotopic (exact) mass is 257 g/mol. The van der Waals surface area contributed by atoms with Gasteiger partial charge in [-0.15, -0.1) is 0 Å². The van der Waals surface area contributed by atoms with Gasteiger partial charge in [0.1, 0.15) is 0 Å². The van der Waals surface area contributed by atoms with E-state index < -0.39 is 5.91 Å². The van der Waals surface area contributed by atoms with Crippen LogP contribution in [-0.2, 0) is 22.6 Å². The summed E-state index contributed by atoms with van der Waals surface area (Å²) >= 11 is 0. The number of aryl methyl sites for hydroxylation is 1. The van der Waals surface area contributed by atoms with E-state index in [1.54, 1.807) is 25.1 Å². The van der Waals surface area contributed by atoms with Crippen LogP contribution in [-0.4, -0.2) is 30.8 Å². The highest BCUT2D eigenvalue weighted by atomic mass is 16.2. The highest BCUT2D eigenvalue weighted by Gasteiger charge is 2.21. The number of benzene rings is 1. The first-order valence-electron chi connectivity index (χ1n) is 6.06. The number of anilines is 1. The number of nitriles is 1. The maximum atomic E-state index is 11.6. The molecule has 1 aliphatic rings. The normalized spacial score (nSPS) is 13.7. The molecule has 1 aliphatic heterocycles. The number of carbonyl (C=O) groups excluding carboxylic acids is 2. The van der Waals surface area contributed by atoms with Gasteiger partial charge in [0.15, 0.2) is 6.07 Å². The first-order valence-corrected chi connectivity index (χ1v) is 6.06. The van der Waals surface area contributed by atoms with Crippen LogP contribution in [0, 0.1) is 11.3 Å². The maximum absolute atomic E-state index is 11.6. The number of carbonyl (C=O) groups is 2. The average Bonchev–Trinajstić information content (AvgIpc) is 2.42. The summed E-state index contributed by atoms with van der Waals surface area (Å²) in [7, 11) is 3.37. The van der Waals surface area contributed by atoms with Crippen molar-refractivity contribution in [1.29, 1.82) is 5.26 Å². The number of rotatable bonds is 2. The molecule has 2 rings (SSSR count). The van der Waals surface area contributed by atoms with Crippen molar-refractivity contribution >= 4 is 17.5 Å². The van der Waals surface area contributed by atoms with Gasteiger partial charge >= 0.3 is 5.91 Å². The molecule has 5 heteroatoms. The lowest BCUT2D eigenvalue weighted by atomic mass is 9.99. The van der Waals surface area contributed by atoms with Gasteiger partial charge in [-0.05, 0) is 23.6 Å². The van der Waals surface area contributed by atoms with E-state index >= 15 is 0 Å². The Hall–Kier alpha value is -2.35.